The maximum absolute atomic E-state index is 12.1. The number of unbranched alkanes of at least 4 members (excludes halogenated alkanes) is 11. The molecule has 0 heterocycles. The molecule has 6 heteroatoms. The normalized spacial score (nSPS) is 12.8. The Morgan fingerprint density at radius 2 is 1.28 bits per heavy atom. The molecular formula is C19H35F3O2Si. The lowest BCUT2D eigenvalue weighted by molar-refractivity contribution is -0.142. The van der Waals surface area contributed by atoms with Gasteiger partial charge in [-0.1, -0.05) is 70.8 Å². The van der Waals surface area contributed by atoms with Crippen molar-refractivity contribution in [1.29, 1.82) is 0 Å². The number of hydrogen-bond donors (Lipinski definition) is 0. The van der Waals surface area contributed by atoms with Crippen LogP contribution in [0.15, 0.2) is 12.7 Å². The molecule has 148 valence electrons. The van der Waals surface area contributed by atoms with E-state index in [-0.39, 0.29) is 12.1 Å². The lowest BCUT2D eigenvalue weighted by atomic mass is 10.0. The molecule has 0 rings (SSSR count). The predicted octanol–water partition coefficient (Wildman–Crippen LogP) is 7.02. The van der Waals surface area contributed by atoms with E-state index in [1.807, 2.05) is 6.92 Å². The first-order chi connectivity index (χ1) is 11.8. The minimum absolute atomic E-state index is 0.0380. The summed E-state index contributed by atoms with van der Waals surface area (Å²) >= 11 is 0. The molecule has 0 saturated heterocycles. The number of carbonyl (C=O) groups excluding carboxylic acids is 1. The number of esters is 1. The van der Waals surface area contributed by atoms with Gasteiger partial charge in [-0.15, -0.1) is 0 Å². The highest BCUT2D eigenvalue weighted by molar-refractivity contribution is 6.58. The molecule has 2 nitrogen and oxygen atoms in total. The zero-order valence-electron chi connectivity index (χ0n) is 15.7. The van der Waals surface area contributed by atoms with E-state index in [0.717, 1.165) is 38.5 Å². The topological polar surface area (TPSA) is 26.3 Å². The van der Waals surface area contributed by atoms with Crippen LogP contribution in [0.25, 0.3) is 0 Å². The van der Waals surface area contributed by atoms with E-state index in [1.54, 1.807) is 0 Å². The molecule has 0 bridgehead atoms. The van der Waals surface area contributed by atoms with Crippen molar-refractivity contribution in [2.24, 2.45) is 0 Å². The number of hydrogen-bond acceptors (Lipinski definition) is 2. The quantitative estimate of drug-likeness (QED) is 0.0890. The number of halogens is 3. The highest BCUT2D eigenvalue weighted by atomic mass is 28.5. The molecule has 0 saturated carbocycles. The molecule has 0 aliphatic carbocycles. The Hall–Kier alpha value is -0.783. The third kappa shape index (κ3) is 19.4. The van der Waals surface area contributed by atoms with Crippen LogP contribution in [0.2, 0.25) is 6.04 Å². The van der Waals surface area contributed by atoms with Crippen LogP contribution < -0.4 is 0 Å². The fourth-order valence-corrected chi connectivity index (χ4v) is 3.48. The van der Waals surface area contributed by atoms with Gasteiger partial charge in [-0.2, -0.15) is 0 Å². The van der Waals surface area contributed by atoms with Gasteiger partial charge in [-0.05, 0) is 26.2 Å². The average Bonchev–Trinajstić information content (AvgIpc) is 2.53. The van der Waals surface area contributed by atoms with Gasteiger partial charge >= 0.3 is 15.0 Å². The van der Waals surface area contributed by atoms with E-state index in [4.69, 9.17) is 4.74 Å². The molecule has 0 N–H and O–H groups in total. The first-order valence-corrected chi connectivity index (χ1v) is 11.6. The largest absolute Gasteiger partial charge is 0.616 e. The van der Waals surface area contributed by atoms with Crippen molar-refractivity contribution in [3.05, 3.63) is 12.7 Å². The Morgan fingerprint density at radius 3 is 1.68 bits per heavy atom. The van der Waals surface area contributed by atoms with Crippen molar-refractivity contribution in [2.75, 3.05) is 0 Å². The van der Waals surface area contributed by atoms with Gasteiger partial charge in [-0.3, -0.25) is 0 Å². The summed E-state index contributed by atoms with van der Waals surface area (Å²) < 4.78 is 41.4. The second-order valence-corrected chi connectivity index (χ2v) is 8.58. The van der Waals surface area contributed by atoms with Gasteiger partial charge in [0.2, 0.25) is 0 Å². The predicted molar refractivity (Wildman–Crippen MR) is 99.7 cm³/mol. The molecule has 25 heavy (non-hydrogen) atoms. The summed E-state index contributed by atoms with van der Waals surface area (Å²) in [6, 6.07) is -0.498. The molecule has 0 aromatic heterocycles. The van der Waals surface area contributed by atoms with Crippen LogP contribution in [-0.2, 0) is 9.53 Å². The fraction of sp³-hybridized carbons (Fsp3) is 0.842. The van der Waals surface area contributed by atoms with Crippen LogP contribution in [0.1, 0.15) is 90.4 Å². The van der Waals surface area contributed by atoms with Crippen LogP contribution in [0.5, 0.6) is 0 Å². The highest BCUT2D eigenvalue weighted by Crippen LogP contribution is 2.20. The average molecular weight is 381 g/mol. The third-order valence-electron chi connectivity index (χ3n) is 4.30. The second kappa shape index (κ2) is 15.5. The van der Waals surface area contributed by atoms with Crippen molar-refractivity contribution < 1.29 is 21.9 Å². The van der Waals surface area contributed by atoms with Crippen LogP contribution >= 0.6 is 0 Å². The fourth-order valence-electron chi connectivity index (χ4n) is 2.83. The molecule has 0 amide bonds. The van der Waals surface area contributed by atoms with Crippen molar-refractivity contribution in [1.82, 2.24) is 0 Å². The molecule has 0 aliphatic rings. The number of rotatable bonds is 17. The Labute approximate surface area is 152 Å². The summed E-state index contributed by atoms with van der Waals surface area (Å²) in [7, 11) is -5.30. The van der Waals surface area contributed by atoms with Gasteiger partial charge in [0.25, 0.3) is 0 Å². The summed E-state index contributed by atoms with van der Waals surface area (Å²) in [6.45, 7) is 5.29. The van der Waals surface area contributed by atoms with Crippen molar-refractivity contribution >= 4 is 15.0 Å². The van der Waals surface area contributed by atoms with Crippen LogP contribution in [0.4, 0.5) is 12.3 Å². The summed E-state index contributed by atoms with van der Waals surface area (Å²) in [6.07, 6.45) is 14.6. The smallest absolute Gasteiger partial charge is 0.460 e. The summed E-state index contributed by atoms with van der Waals surface area (Å²) in [5.74, 6) is -0.352. The maximum Gasteiger partial charge on any atom is 0.616 e. The van der Waals surface area contributed by atoms with Crippen LogP contribution in [0.3, 0.4) is 0 Å². The van der Waals surface area contributed by atoms with Gasteiger partial charge in [-0.25, -0.2) is 17.1 Å². The molecule has 0 radical (unpaired) electrons. The Kier molecular flexibility index (Phi) is 15.0. The van der Waals surface area contributed by atoms with E-state index >= 15 is 0 Å². The third-order valence-corrected chi connectivity index (χ3v) is 5.23. The van der Waals surface area contributed by atoms with Crippen molar-refractivity contribution in [3.63, 3.8) is 0 Å². The standard InChI is InChI=1S/C19H35F3O2Si/c1-3-19(23)24-18(2)16-14-12-10-8-6-4-5-7-9-11-13-15-17-25(20,21)22/h3,18H,1,4-17H2,2H3. The summed E-state index contributed by atoms with van der Waals surface area (Å²) in [4.78, 5) is 11.0. The minimum Gasteiger partial charge on any atom is -0.460 e. The van der Waals surface area contributed by atoms with E-state index in [1.165, 1.54) is 44.6 Å². The maximum atomic E-state index is 12.1. The Morgan fingerprint density at radius 1 is 0.880 bits per heavy atom. The molecule has 0 aliphatic heterocycles. The molecule has 0 fully saturated rings. The molecule has 1 atom stereocenters. The monoisotopic (exact) mass is 380 g/mol. The minimum atomic E-state index is -5.30. The van der Waals surface area contributed by atoms with E-state index in [0.29, 0.717) is 6.42 Å². The number of carbonyl (C=O) groups is 1. The van der Waals surface area contributed by atoms with Gasteiger partial charge in [0, 0.05) is 12.1 Å². The van der Waals surface area contributed by atoms with Gasteiger partial charge < -0.3 is 4.74 Å². The second-order valence-electron chi connectivity index (χ2n) is 6.85. The first kappa shape index (κ1) is 24.2. The highest BCUT2D eigenvalue weighted by Gasteiger charge is 2.35. The molecule has 1 unspecified atom stereocenters. The van der Waals surface area contributed by atoms with E-state index in [9.17, 15) is 17.1 Å². The zero-order valence-corrected chi connectivity index (χ0v) is 16.7. The summed E-state index contributed by atoms with van der Waals surface area (Å²) in [5.41, 5.74) is 0. The van der Waals surface area contributed by atoms with Gasteiger partial charge in [0.1, 0.15) is 0 Å². The van der Waals surface area contributed by atoms with Crippen molar-refractivity contribution in [2.45, 2.75) is 103 Å². The molecule has 0 spiro atoms. The zero-order chi connectivity index (χ0) is 19.0. The van der Waals surface area contributed by atoms with Crippen LogP contribution in [0, 0.1) is 0 Å². The lowest BCUT2D eigenvalue weighted by Crippen LogP contribution is -2.13. The SMILES string of the molecule is C=CC(=O)OC(C)CCCCCCCCCCCCCC[Si](F)(F)F. The molecular weight excluding hydrogens is 345 g/mol. The Balaban J connectivity index is 3.19. The van der Waals surface area contributed by atoms with E-state index < -0.39 is 15.1 Å². The Bertz CT molecular complexity index is 346. The van der Waals surface area contributed by atoms with Gasteiger partial charge in [0.15, 0.2) is 0 Å². The van der Waals surface area contributed by atoms with Crippen LogP contribution in [-0.4, -0.2) is 21.1 Å². The van der Waals surface area contributed by atoms with E-state index in [2.05, 4.69) is 6.58 Å². The summed E-state index contributed by atoms with van der Waals surface area (Å²) in [5, 5.41) is 0. The van der Waals surface area contributed by atoms with Crippen molar-refractivity contribution in [3.8, 4) is 0 Å². The molecule has 0 aromatic carbocycles. The van der Waals surface area contributed by atoms with Gasteiger partial charge in [0.05, 0.1) is 6.10 Å². The first-order valence-electron chi connectivity index (χ1n) is 9.75. The molecule has 0 aromatic rings. The lowest BCUT2D eigenvalue weighted by Gasteiger charge is -2.11. The number of ether oxygens (including phenoxy) is 1.